The summed E-state index contributed by atoms with van der Waals surface area (Å²) >= 11 is 1.45. The van der Waals surface area contributed by atoms with Crippen molar-refractivity contribution in [3.05, 3.63) is 48.0 Å². The fourth-order valence-corrected chi connectivity index (χ4v) is 4.50. The lowest BCUT2D eigenvalue weighted by atomic mass is 9.89. The van der Waals surface area contributed by atoms with Crippen LogP contribution < -0.4 is 16.0 Å². The maximum atomic E-state index is 12.4. The maximum Gasteiger partial charge on any atom is 0.323 e. The van der Waals surface area contributed by atoms with E-state index >= 15 is 0 Å². The van der Waals surface area contributed by atoms with Crippen molar-refractivity contribution in [2.75, 3.05) is 16.0 Å². The van der Waals surface area contributed by atoms with Gasteiger partial charge in [-0.1, -0.05) is 42.7 Å². The van der Waals surface area contributed by atoms with Crippen molar-refractivity contribution in [3.63, 3.8) is 0 Å². The molecule has 1 aliphatic rings. The van der Waals surface area contributed by atoms with Crippen LogP contribution in [0.3, 0.4) is 0 Å². The minimum Gasteiger partial charge on any atom is -0.308 e. The van der Waals surface area contributed by atoms with Gasteiger partial charge in [0.1, 0.15) is 0 Å². The number of carbonyl (C=O) groups excluding carboxylic acids is 2. The zero-order chi connectivity index (χ0) is 20.2. The normalized spacial score (nSPS) is 14.5. The number of fused-ring (bicyclic) bond motifs is 1. The molecular weight excluding hydrogens is 384 g/mol. The van der Waals surface area contributed by atoms with E-state index in [1.165, 1.54) is 17.8 Å². The SMILES string of the molecule is Cc1cccc(NC(=O)Nc2ccc3sc(NC(=O)C4CCCCC4)nc3c2)c1. The van der Waals surface area contributed by atoms with Crippen molar-refractivity contribution in [2.45, 2.75) is 39.0 Å². The number of anilines is 3. The number of aryl methyl sites for hydroxylation is 1. The van der Waals surface area contributed by atoms with E-state index in [1.807, 2.05) is 49.4 Å². The van der Waals surface area contributed by atoms with E-state index in [1.54, 1.807) is 0 Å². The summed E-state index contributed by atoms with van der Waals surface area (Å²) in [4.78, 5) is 29.2. The summed E-state index contributed by atoms with van der Waals surface area (Å²) in [5.41, 5.74) is 3.22. The first-order valence-electron chi connectivity index (χ1n) is 9.93. The molecule has 2 aromatic carbocycles. The van der Waals surface area contributed by atoms with Crippen molar-refractivity contribution in [3.8, 4) is 0 Å². The molecule has 0 aliphatic heterocycles. The Morgan fingerprint density at radius 3 is 2.48 bits per heavy atom. The highest BCUT2D eigenvalue weighted by Crippen LogP contribution is 2.30. The van der Waals surface area contributed by atoms with Crippen LogP contribution in [-0.4, -0.2) is 16.9 Å². The quantitative estimate of drug-likeness (QED) is 0.513. The number of urea groups is 1. The first-order valence-corrected chi connectivity index (χ1v) is 10.7. The molecule has 0 unspecified atom stereocenters. The van der Waals surface area contributed by atoms with Crippen LogP contribution in [0.2, 0.25) is 0 Å². The lowest BCUT2D eigenvalue weighted by Gasteiger charge is -2.19. The largest absolute Gasteiger partial charge is 0.323 e. The fourth-order valence-electron chi connectivity index (χ4n) is 3.65. The van der Waals surface area contributed by atoms with Crippen molar-refractivity contribution in [1.29, 1.82) is 0 Å². The first kappa shape index (κ1) is 19.4. The molecule has 1 saturated carbocycles. The monoisotopic (exact) mass is 408 g/mol. The summed E-state index contributed by atoms with van der Waals surface area (Å²) in [5.74, 6) is 0.165. The van der Waals surface area contributed by atoms with E-state index in [9.17, 15) is 9.59 Å². The van der Waals surface area contributed by atoms with Gasteiger partial charge in [-0.3, -0.25) is 4.79 Å². The van der Waals surface area contributed by atoms with Crippen LogP contribution in [0, 0.1) is 12.8 Å². The molecule has 0 saturated heterocycles. The van der Waals surface area contributed by atoms with Gasteiger partial charge in [0.2, 0.25) is 5.91 Å². The average molecular weight is 409 g/mol. The van der Waals surface area contributed by atoms with Crippen molar-refractivity contribution < 1.29 is 9.59 Å². The Morgan fingerprint density at radius 1 is 0.966 bits per heavy atom. The van der Waals surface area contributed by atoms with Crippen molar-refractivity contribution in [2.24, 2.45) is 5.92 Å². The zero-order valence-electron chi connectivity index (χ0n) is 16.3. The van der Waals surface area contributed by atoms with Gasteiger partial charge >= 0.3 is 6.03 Å². The smallest absolute Gasteiger partial charge is 0.308 e. The summed E-state index contributed by atoms with van der Waals surface area (Å²) in [6.45, 7) is 1.98. The van der Waals surface area contributed by atoms with Gasteiger partial charge in [-0.2, -0.15) is 0 Å². The predicted octanol–water partition coefficient (Wildman–Crippen LogP) is 5.77. The highest BCUT2D eigenvalue weighted by atomic mass is 32.1. The summed E-state index contributed by atoms with van der Waals surface area (Å²) in [5, 5.41) is 9.23. The van der Waals surface area contributed by atoms with Gasteiger partial charge < -0.3 is 16.0 Å². The van der Waals surface area contributed by atoms with Gasteiger partial charge in [0.15, 0.2) is 5.13 Å². The molecule has 7 heteroatoms. The number of thiazole rings is 1. The highest BCUT2D eigenvalue weighted by molar-refractivity contribution is 7.22. The Balaban J connectivity index is 1.41. The van der Waals surface area contributed by atoms with Crippen LogP contribution in [0.4, 0.5) is 21.3 Å². The second-order valence-electron chi connectivity index (χ2n) is 7.47. The summed E-state index contributed by atoms with van der Waals surface area (Å²) in [7, 11) is 0. The number of carbonyl (C=O) groups is 2. The second-order valence-corrected chi connectivity index (χ2v) is 8.50. The van der Waals surface area contributed by atoms with Gasteiger partial charge in [0.05, 0.1) is 10.2 Å². The van der Waals surface area contributed by atoms with Gasteiger partial charge in [-0.15, -0.1) is 0 Å². The molecule has 29 heavy (non-hydrogen) atoms. The number of nitrogens with one attached hydrogen (secondary N) is 3. The van der Waals surface area contributed by atoms with Crippen LogP contribution in [0.15, 0.2) is 42.5 Å². The topological polar surface area (TPSA) is 83.1 Å². The van der Waals surface area contributed by atoms with Gasteiger partial charge in [-0.25, -0.2) is 9.78 Å². The highest BCUT2D eigenvalue weighted by Gasteiger charge is 2.22. The Hall–Kier alpha value is -2.93. The van der Waals surface area contributed by atoms with E-state index in [-0.39, 0.29) is 17.9 Å². The number of nitrogens with zero attached hydrogens (tertiary/aromatic N) is 1. The molecule has 0 bridgehead atoms. The minimum absolute atomic E-state index is 0.0691. The molecule has 1 aliphatic carbocycles. The molecule has 3 N–H and O–H groups in total. The van der Waals surface area contributed by atoms with Gasteiger partial charge in [0, 0.05) is 17.3 Å². The van der Waals surface area contributed by atoms with Gasteiger partial charge in [0.25, 0.3) is 0 Å². The first-order chi connectivity index (χ1) is 14.1. The van der Waals surface area contributed by atoms with Crippen LogP contribution in [-0.2, 0) is 4.79 Å². The van der Waals surface area contributed by atoms with Crippen LogP contribution in [0.5, 0.6) is 0 Å². The molecule has 3 amide bonds. The zero-order valence-corrected chi connectivity index (χ0v) is 17.1. The molecule has 1 heterocycles. The van der Waals surface area contributed by atoms with Crippen LogP contribution in [0.25, 0.3) is 10.2 Å². The third kappa shape index (κ3) is 4.92. The molecule has 150 valence electrons. The van der Waals surface area contributed by atoms with E-state index in [2.05, 4.69) is 20.9 Å². The molecule has 3 aromatic rings. The fraction of sp³-hybridized carbons (Fsp3) is 0.318. The number of rotatable bonds is 4. The standard InChI is InChI=1S/C22H24N4O2S/c1-14-6-5-9-16(12-14)23-21(28)24-17-10-11-19-18(13-17)25-22(29-19)26-20(27)15-7-3-2-4-8-15/h5-6,9-13,15H,2-4,7-8H2,1H3,(H2,23,24,28)(H,25,26,27). The summed E-state index contributed by atoms with van der Waals surface area (Å²) < 4.78 is 0.966. The Kier molecular flexibility index (Phi) is 5.76. The summed E-state index contributed by atoms with van der Waals surface area (Å²) in [6, 6.07) is 12.9. The molecule has 1 fully saturated rings. The second kappa shape index (κ2) is 8.61. The summed E-state index contributed by atoms with van der Waals surface area (Å²) in [6.07, 6.45) is 5.38. The Labute approximate surface area is 173 Å². The molecule has 0 atom stereocenters. The van der Waals surface area contributed by atoms with Crippen LogP contribution >= 0.6 is 11.3 Å². The van der Waals surface area contributed by atoms with Crippen LogP contribution in [0.1, 0.15) is 37.7 Å². The number of hydrogen-bond acceptors (Lipinski definition) is 4. The Morgan fingerprint density at radius 2 is 1.72 bits per heavy atom. The number of benzene rings is 2. The van der Waals surface area contributed by atoms with Gasteiger partial charge in [-0.05, 0) is 55.7 Å². The number of aromatic nitrogens is 1. The van der Waals surface area contributed by atoms with Crippen molar-refractivity contribution in [1.82, 2.24) is 4.98 Å². The average Bonchev–Trinajstić information content (AvgIpc) is 3.10. The molecular formula is C22H24N4O2S. The lowest BCUT2D eigenvalue weighted by Crippen LogP contribution is -2.24. The molecule has 0 radical (unpaired) electrons. The number of amides is 3. The lowest BCUT2D eigenvalue weighted by molar-refractivity contribution is -0.120. The minimum atomic E-state index is -0.309. The van der Waals surface area contributed by atoms with E-state index in [0.29, 0.717) is 10.8 Å². The molecule has 1 aromatic heterocycles. The Bertz CT molecular complexity index is 1040. The third-order valence-electron chi connectivity index (χ3n) is 5.13. The third-order valence-corrected chi connectivity index (χ3v) is 6.08. The molecule has 0 spiro atoms. The van der Waals surface area contributed by atoms with Crippen molar-refractivity contribution >= 4 is 50.0 Å². The molecule has 4 rings (SSSR count). The number of hydrogen-bond donors (Lipinski definition) is 3. The maximum absolute atomic E-state index is 12.4. The molecule has 6 nitrogen and oxygen atoms in total. The van der Waals surface area contributed by atoms with E-state index < -0.39 is 0 Å². The van der Waals surface area contributed by atoms with E-state index in [4.69, 9.17) is 0 Å². The van der Waals surface area contributed by atoms with E-state index in [0.717, 1.165) is 47.2 Å². The predicted molar refractivity (Wildman–Crippen MR) is 119 cm³/mol.